The quantitative estimate of drug-likeness (QED) is 0.850. The molecule has 0 saturated heterocycles. The van der Waals surface area contributed by atoms with Gasteiger partial charge < -0.3 is 10.6 Å². The highest BCUT2D eigenvalue weighted by Gasteiger charge is 2.10. The lowest BCUT2D eigenvalue weighted by Gasteiger charge is -2.21. The van der Waals surface area contributed by atoms with Crippen LogP contribution >= 0.6 is 15.9 Å². The van der Waals surface area contributed by atoms with Crippen LogP contribution in [0.3, 0.4) is 0 Å². The second-order valence-electron chi connectivity index (χ2n) is 3.71. The lowest BCUT2D eigenvalue weighted by Crippen LogP contribution is -2.12. The zero-order valence-electron chi connectivity index (χ0n) is 9.32. The Morgan fingerprint density at radius 1 is 1.12 bits per heavy atom. The van der Waals surface area contributed by atoms with Gasteiger partial charge in [0.25, 0.3) is 0 Å². The molecule has 0 heterocycles. The summed E-state index contributed by atoms with van der Waals surface area (Å²) in [5.41, 5.74) is 7.50. The molecule has 17 heavy (non-hydrogen) atoms. The van der Waals surface area contributed by atoms with Crippen LogP contribution in [0, 0.1) is 5.82 Å². The second-order valence-corrected chi connectivity index (χ2v) is 4.62. The van der Waals surface area contributed by atoms with Crippen molar-refractivity contribution in [1.29, 1.82) is 0 Å². The first-order valence-electron chi connectivity index (χ1n) is 5.13. The lowest BCUT2D eigenvalue weighted by molar-refractivity contribution is 0.632. The number of anilines is 3. The molecule has 88 valence electrons. The van der Waals surface area contributed by atoms with Gasteiger partial charge in [-0.2, -0.15) is 0 Å². The number of hydrogen-bond acceptors (Lipinski definition) is 2. The van der Waals surface area contributed by atoms with Crippen LogP contribution in [0.5, 0.6) is 0 Å². The highest BCUT2D eigenvalue weighted by molar-refractivity contribution is 9.10. The van der Waals surface area contributed by atoms with Gasteiger partial charge in [-0.05, 0) is 36.4 Å². The molecule has 0 amide bonds. The van der Waals surface area contributed by atoms with Gasteiger partial charge in [0.1, 0.15) is 5.82 Å². The molecule has 2 aromatic rings. The maximum atomic E-state index is 13.4. The van der Waals surface area contributed by atoms with Crippen LogP contribution in [0.1, 0.15) is 0 Å². The molecule has 2 N–H and O–H groups in total. The first-order valence-corrected chi connectivity index (χ1v) is 5.92. The molecule has 0 spiro atoms. The number of nitrogens with zero attached hydrogens (tertiary/aromatic N) is 1. The third-order valence-electron chi connectivity index (χ3n) is 2.61. The fourth-order valence-corrected chi connectivity index (χ4v) is 1.89. The van der Waals surface area contributed by atoms with Crippen molar-refractivity contribution in [1.82, 2.24) is 0 Å². The Balaban J connectivity index is 2.40. The van der Waals surface area contributed by atoms with E-state index in [0.717, 1.165) is 10.2 Å². The Kier molecular flexibility index (Phi) is 3.33. The molecule has 0 aliphatic carbocycles. The molecule has 0 radical (unpaired) electrons. The Morgan fingerprint density at radius 2 is 1.76 bits per heavy atom. The molecule has 0 aliphatic rings. The van der Waals surface area contributed by atoms with Crippen molar-refractivity contribution in [2.75, 3.05) is 17.7 Å². The summed E-state index contributed by atoms with van der Waals surface area (Å²) in [6.07, 6.45) is 0. The molecular formula is C13H12BrFN2. The van der Waals surface area contributed by atoms with Crippen molar-refractivity contribution in [2.24, 2.45) is 0 Å². The number of rotatable bonds is 2. The van der Waals surface area contributed by atoms with E-state index in [-0.39, 0.29) is 5.69 Å². The van der Waals surface area contributed by atoms with Crippen molar-refractivity contribution < 1.29 is 4.39 Å². The third kappa shape index (κ3) is 2.42. The first kappa shape index (κ1) is 11.9. The van der Waals surface area contributed by atoms with Gasteiger partial charge in [-0.15, -0.1) is 0 Å². The van der Waals surface area contributed by atoms with Gasteiger partial charge >= 0.3 is 0 Å². The second kappa shape index (κ2) is 4.75. The number of benzene rings is 2. The van der Waals surface area contributed by atoms with E-state index < -0.39 is 5.82 Å². The van der Waals surface area contributed by atoms with Gasteiger partial charge in [-0.1, -0.05) is 22.0 Å². The highest BCUT2D eigenvalue weighted by atomic mass is 79.9. The van der Waals surface area contributed by atoms with Gasteiger partial charge in [0.05, 0.1) is 11.4 Å². The van der Waals surface area contributed by atoms with Gasteiger partial charge in [0.2, 0.25) is 0 Å². The van der Waals surface area contributed by atoms with Gasteiger partial charge in [0, 0.05) is 17.2 Å². The van der Waals surface area contributed by atoms with Crippen LogP contribution in [-0.4, -0.2) is 7.05 Å². The number of halogens is 2. The van der Waals surface area contributed by atoms with Crippen molar-refractivity contribution in [2.45, 2.75) is 0 Å². The van der Waals surface area contributed by atoms with Crippen LogP contribution in [0.2, 0.25) is 0 Å². The van der Waals surface area contributed by atoms with E-state index in [0.29, 0.717) is 5.69 Å². The molecule has 0 bridgehead atoms. The summed E-state index contributed by atoms with van der Waals surface area (Å²) in [5, 5.41) is 0. The topological polar surface area (TPSA) is 29.3 Å². The number of nitrogen functional groups attached to an aromatic ring is 1. The fourth-order valence-electron chi connectivity index (χ4n) is 1.62. The smallest absolute Gasteiger partial charge is 0.148 e. The van der Waals surface area contributed by atoms with Gasteiger partial charge in [-0.3, -0.25) is 0 Å². The molecule has 0 saturated carbocycles. The summed E-state index contributed by atoms with van der Waals surface area (Å²) in [4.78, 5) is 1.85. The zero-order chi connectivity index (χ0) is 12.4. The van der Waals surface area contributed by atoms with Crippen LogP contribution in [-0.2, 0) is 0 Å². The molecule has 0 unspecified atom stereocenters. The van der Waals surface area contributed by atoms with E-state index in [1.54, 1.807) is 12.1 Å². The molecule has 0 aromatic heterocycles. The summed E-state index contributed by atoms with van der Waals surface area (Å²) in [6, 6.07) is 12.5. The average molecular weight is 295 g/mol. The minimum atomic E-state index is -0.397. The Bertz CT molecular complexity index is 525. The number of nitrogens with two attached hydrogens (primary N) is 1. The summed E-state index contributed by atoms with van der Waals surface area (Å²) >= 11 is 3.37. The predicted octanol–water partition coefficient (Wildman–Crippen LogP) is 3.94. The maximum absolute atomic E-state index is 13.4. The summed E-state index contributed by atoms with van der Waals surface area (Å²) in [5.74, 6) is -0.397. The van der Waals surface area contributed by atoms with E-state index in [2.05, 4.69) is 15.9 Å². The summed E-state index contributed by atoms with van der Waals surface area (Å²) in [6.45, 7) is 0. The fraction of sp³-hybridized carbons (Fsp3) is 0.0769. The Labute approximate surface area is 108 Å². The van der Waals surface area contributed by atoms with E-state index >= 15 is 0 Å². The van der Waals surface area contributed by atoms with Crippen LogP contribution in [0.4, 0.5) is 21.5 Å². The normalized spacial score (nSPS) is 10.3. The SMILES string of the molecule is CN(c1ccc(Br)cc1)c1cccc(F)c1N. The molecule has 4 heteroatoms. The first-order chi connectivity index (χ1) is 8.09. The van der Waals surface area contributed by atoms with Crippen molar-refractivity contribution in [3.05, 3.63) is 52.8 Å². The Hall–Kier alpha value is -1.55. The summed E-state index contributed by atoms with van der Waals surface area (Å²) in [7, 11) is 1.86. The number of para-hydroxylation sites is 1. The van der Waals surface area contributed by atoms with Gasteiger partial charge in [-0.25, -0.2) is 4.39 Å². The maximum Gasteiger partial charge on any atom is 0.148 e. The monoisotopic (exact) mass is 294 g/mol. The van der Waals surface area contributed by atoms with E-state index in [9.17, 15) is 4.39 Å². The zero-order valence-corrected chi connectivity index (χ0v) is 10.9. The molecule has 2 aromatic carbocycles. The minimum Gasteiger partial charge on any atom is -0.395 e. The highest BCUT2D eigenvalue weighted by Crippen LogP contribution is 2.30. The largest absolute Gasteiger partial charge is 0.395 e. The molecule has 0 aliphatic heterocycles. The lowest BCUT2D eigenvalue weighted by atomic mass is 10.2. The molecule has 2 nitrogen and oxygen atoms in total. The average Bonchev–Trinajstić information content (AvgIpc) is 2.33. The minimum absolute atomic E-state index is 0.165. The number of hydrogen-bond donors (Lipinski definition) is 1. The summed E-state index contributed by atoms with van der Waals surface area (Å²) < 4.78 is 14.4. The molecule has 0 atom stereocenters. The predicted molar refractivity (Wildman–Crippen MR) is 73.0 cm³/mol. The van der Waals surface area contributed by atoms with Gasteiger partial charge in [0.15, 0.2) is 0 Å². The van der Waals surface area contributed by atoms with Crippen LogP contribution in [0.25, 0.3) is 0 Å². The molecular weight excluding hydrogens is 283 g/mol. The van der Waals surface area contributed by atoms with Crippen LogP contribution in [0.15, 0.2) is 46.9 Å². The van der Waals surface area contributed by atoms with Crippen molar-refractivity contribution in [3.8, 4) is 0 Å². The van der Waals surface area contributed by atoms with E-state index in [1.807, 2.05) is 36.2 Å². The van der Waals surface area contributed by atoms with Crippen molar-refractivity contribution in [3.63, 3.8) is 0 Å². The standard InChI is InChI=1S/C13H12BrFN2/c1-17(10-7-5-9(14)6-8-10)12-4-2-3-11(15)13(12)16/h2-8H,16H2,1H3. The third-order valence-corrected chi connectivity index (χ3v) is 3.13. The van der Waals surface area contributed by atoms with E-state index in [4.69, 9.17) is 5.73 Å². The van der Waals surface area contributed by atoms with Crippen molar-refractivity contribution >= 4 is 33.0 Å². The van der Waals surface area contributed by atoms with Crippen LogP contribution < -0.4 is 10.6 Å². The van der Waals surface area contributed by atoms with E-state index in [1.165, 1.54) is 6.07 Å². The molecule has 0 fully saturated rings. The Morgan fingerprint density at radius 3 is 2.41 bits per heavy atom. The molecule has 2 rings (SSSR count).